The molecule has 410 valence electrons. The number of anilines is 6. The minimum atomic E-state index is -0.215. The zero-order chi connectivity index (χ0) is 57.9. The third kappa shape index (κ3) is 8.56. The summed E-state index contributed by atoms with van der Waals surface area (Å²) >= 11 is 0. The largest absolute Gasteiger partial charge is 0.295 e. The quantitative estimate of drug-likeness (QED) is 0.128. The fourth-order valence-corrected chi connectivity index (χ4v) is 14.1. The lowest BCUT2D eigenvalue weighted by Crippen LogP contribution is -2.17. The average Bonchev–Trinajstić information content (AvgIpc) is 2.65. The van der Waals surface area contributed by atoms with Crippen LogP contribution in [0.3, 0.4) is 0 Å². The topological polar surface area (TPSA) is 32.3 Å². The second kappa shape index (κ2) is 19.6. The Morgan fingerprint density at radius 1 is 0.294 bits per heavy atom. The molecule has 0 radical (unpaired) electrons. The highest BCUT2D eigenvalue weighted by Gasteiger charge is 2.39. The molecule has 0 bridgehead atoms. The molecule has 12 aromatic rings. The number of rotatable bonds is 10. The van der Waals surface area contributed by atoms with Crippen molar-refractivity contribution in [3.63, 3.8) is 0 Å². The van der Waals surface area contributed by atoms with Crippen LogP contribution in [0.25, 0.3) is 79.2 Å². The van der Waals surface area contributed by atoms with Crippen molar-refractivity contribution in [2.75, 3.05) is 9.80 Å². The van der Waals surface area contributed by atoms with Crippen LogP contribution in [0.2, 0.25) is 0 Å². The summed E-state index contributed by atoms with van der Waals surface area (Å²) < 4.78 is 0. The maximum Gasteiger partial charge on any atom is 0.145 e. The van der Waals surface area contributed by atoms with Crippen molar-refractivity contribution in [3.8, 4) is 33.4 Å². The van der Waals surface area contributed by atoms with Crippen LogP contribution in [0, 0.1) is 13.8 Å². The van der Waals surface area contributed by atoms with Gasteiger partial charge in [0.25, 0.3) is 0 Å². The molecule has 0 unspecified atom stereocenters. The van der Waals surface area contributed by atoms with Crippen LogP contribution in [0.15, 0.2) is 231 Å². The van der Waals surface area contributed by atoms with E-state index in [0.29, 0.717) is 0 Å². The lowest BCUT2D eigenvalue weighted by atomic mass is 9.81. The third-order valence-corrected chi connectivity index (χ3v) is 18.9. The van der Waals surface area contributed by atoms with Crippen LogP contribution >= 0.6 is 0 Å². The van der Waals surface area contributed by atoms with Crippen molar-refractivity contribution >= 4 is 80.2 Å². The first-order valence-electron chi connectivity index (χ1n) is 29.8. The SMILES string of the molecule is Cc1ccc(N(c2ccc3c(c2)C(C)(C)c2cc(C=Cc4ccc5c(c4)C(C)(C)c4cc(C=Cc6ccc7c(c6)C(C)(C)c6cc(N(c8ccc(C)cc8)c8nccc9ccccc89)ccc6-7)ccc4-5)ccc2-3)c2nccc3ccccc23)cc1. The molecule has 4 nitrogen and oxygen atoms in total. The number of fused-ring (bicyclic) bond motifs is 11. The van der Waals surface area contributed by atoms with Gasteiger partial charge < -0.3 is 0 Å². The van der Waals surface area contributed by atoms with Crippen LogP contribution in [-0.2, 0) is 16.2 Å². The smallest absolute Gasteiger partial charge is 0.145 e. The van der Waals surface area contributed by atoms with Crippen LogP contribution in [0.5, 0.6) is 0 Å². The molecule has 0 spiro atoms. The van der Waals surface area contributed by atoms with Crippen LogP contribution in [-0.4, -0.2) is 9.97 Å². The fourth-order valence-electron chi connectivity index (χ4n) is 14.1. The number of hydrogen-bond donors (Lipinski definition) is 0. The molecule has 85 heavy (non-hydrogen) atoms. The molecular formula is C81H66N4. The number of aryl methyl sites for hydroxylation is 2. The molecule has 10 aromatic carbocycles. The van der Waals surface area contributed by atoms with Crippen molar-refractivity contribution in [3.05, 3.63) is 298 Å². The van der Waals surface area contributed by atoms with E-state index in [1.807, 2.05) is 12.4 Å². The van der Waals surface area contributed by atoms with E-state index in [4.69, 9.17) is 9.97 Å². The predicted octanol–water partition coefficient (Wildman–Crippen LogP) is 21.6. The van der Waals surface area contributed by atoms with Gasteiger partial charge in [0.05, 0.1) is 0 Å². The minimum absolute atomic E-state index is 0.166. The third-order valence-electron chi connectivity index (χ3n) is 18.9. The summed E-state index contributed by atoms with van der Waals surface area (Å²) in [6.07, 6.45) is 13.0. The van der Waals surface area contributed by atoms with Crippen LogP contribution < -0.4 is 9.80 Å². The number of benzene rings is 10. The molecule has 0 fully saturated rings. The highest BCUT2D eigenvalue weighted by molar-refractivity contribution is 5.99. The average molecular weight is 1100 g/mol. The van der Waals surface area contributed by atoms with Crippen molar-refractivity contribution in [2.45, 2.75) is 71.6 Å². The van der Waals surface area contributed by atoms with Gasteiger partial charge in [-0.2, -0.15) is 0 Å². The summed E-state index contributed by atoms with van der Waals surface area (Å²) in [5.74, 6) is 1.85. The summed E-state index contributed by atoms with van der Waals surface area (Å²) in [7, 11) is 0. The molecule has 2 aromatic heterocycles. The van der Waals surface area contributed by atoms with Gasteiger partial charge in [0.1, 0.15) is 11.6 Å². The van der Waals surface area contributed by atoms with Gasteiger partial charge in [-0.25, -0.2) is 9.97 Å². The number of nitrogens with zero attached hydrogens (tertiary/aromatic N) is 4. The normalized spacial score (nSPS) is 14.5. The van der Waals surface area contributed by atoms with Crippen molar-refractivity contribution in [1.82, 2.24) is 9.97 Å². The minimum Gasteiger partial charge on any atom is -0.295 e. The zero-order valence-corrected chi connectivity index (χ0v) is 49.5. The fraction of sp³-hybridized carbons (Fsp3) is 0.136. The second-order valence-corrected chi connectivity index (χ2v) is 25.3. The monoisotopic (exact) mass is 1090 g/mol. The molecule has 3 aliphatic rings. The Bertz CT molecular complexity index is 4450. The van der Waals surface area contributed by atoms with E-state index < -0.39 is 0 Å². The summed E-state index contributed by atoms with van der Waals surface area (Å²) in [5, 5.41) is 4.58. The Hall–Kier alpha value is -9.90. The van der Waals surface area contributed by atoms with Crippen LogP contribution in [0.4, 0.5) is 34.4 Å². The molecule has 0 amide bonds. The second-order valence-electron chi connectivity index (χ2n) is 25.3. The van der Waals surface area contributed by atoms with E-state index in [9.17, 15) is 0 Å². The van der Waals surface area contributed by atoms with E-state index in [1.54, 1.807) is 0 Å². The summed E-state index contributed by atoms with van der Waals surface area (Å²) in [4.78, 5) is 14.7. The van der Waals surface area contributed by atoms with Gasteiger partial charge in [0.2, 0.25) is 0 Å². The lowest BCUT2D eigenvalue weighted by Gasteiger charge is -2.28. The summed E-state index contributed by atoms with van der Waals surface area (Å²) in [6, 6.07) is 80.9. The molecule has 2 heterocycles. The molecule has 0 aliphatic heterocycles. The molecule has 3 aliphatic carbocycles. The van der Waals surface area contributed by atoms with Crippen molar-refractivity contribution in [2.24, 2.45) is 0 Å². The standard InChI is InChI=1S/C81H66N4/c1-51-17-29-59(30-18-51)84(77-63-15-11-9-13-57(63)41-43-82-77)61-33-39-69-67-37-27-55(47-73(67)80(5,6)75(69)49-61)23-21-53-25-35-65-66-36-26-54(46-72(66)79(3,4)71(65)45-53)22-24-56-28-38-68-70-40-34-62(50-76(70)81(7,8)74(68)48-56)85(60-31-19-52(2)20-32-60)78-64-16-12-10-14-58(64)42-44-83-78/h9-50H,1-8H3. The Labute approximate surface area is 499 Å². The molecule has 0 atom stereocenters. The Balaban J connectivity index is 0.672. The van der Waals surface area contributed by atoms with Gasteiger partial charge in [-0.15, -0.1) is 0 Å². The van der Waals surface area contributed by atoms with Crippen molar-refractivity contribution in [1.29, 1.82) is 0 Å². The first kappa shape index (κ1) is 51.9. The van der Waals surface area contributed by atoms with Gasteiger partial charge >= 0.3 is 0 Å². The Kier molecular flexibility index (Phi) is 12.0. The first-order valence-corrected chi connectivity index (χ1v) is 29.8. The first-order chi connectivity index (χ1) is 41.2. The number of pyridine rings is 2. The van der Waals surface area contributed by atoms with Gasteiger partial charge in [-0.3, -0.25) is 9.80 Å². The van der Waals surface area contributed by atoms with E-state index in [2.05, 4.69) is 308 Å². The molecule has 0 saturated carbocycles. The van der Waals surface area contributed by atoms with Gasteiger partial charge in [0.15, 0.2) is 0 Å². The number of hydrogen-bond acceptors (Lipinski definition) is 4. The van der Waals surface area contributed by atoms with Crippen molar-refractivity contribution < 1.29 is 0 Å². The highest BCUT2D eigenvalue weighted by atomic mass is 15.2. The van der Waals surface area contributed by atoms with E-state index in [-0.39, 0.29) is 16.2 Å². The van der Waals surface area contributed by atoms with Crippen LogP contribution in [0.1, 0.15) is 108 Å². The molecule has 4 heteroatoms. The van der Waals surface area contributed by atoms with E-state index in [0.717, 1.165) is 45.2 Å². The molecule has 15 rings (SSSR count). The lowest BCUT2D eigenvalue weighted by molar-refractivity contribution is 0.660. The summed E-state index contributed by atoms with van der Waals surface area (Å²) in [6.45, 7) is 18.5. The molecular weight excluding hydrogens is 1030 g/mol. The number of aromatic nitrogens is 2. The zero-order valence-electron chi connectivity index (χ0n) is 49.5. The van der Waals surface area contributed by atoms with E-state index in [1.165, 1.54) is 111 Å². The van der Waals surface area contributed by atoms with Gasteiger partial charge in [0, 0.05) is 62.2 Å². The highest BCUT2D eigenvalue weighted by Crippen LogP contribution is 2.54. The molecule has 0 N–H and O–H groups in total. The molecule has 0 saturated heterocycles. The maximum absolute atomic E-state index is 5.02. The van der Waals surface area contributed by atoms with Gasteiger partial charge in [-0.05, 0) is 174 Å². The summed E-state index contributed by atoms with van der Waals surface area (Å²) in [5.41, 5.74) is 26.9. The van der Waals surface area contributed by atoms with E-state index >= 15 is 0 Å². The Morgan fingerprint density at radius 2 is 0.576 bits per heavy atom. The maximum atomic E-state index is 5.02. The Morgan fingerprint density at radius 3 is 0.906 bits per heavy atom. The predicted molar refractivity (Wildman–Crippen MR) is 359 cm³/mol. The van der Waals surface area contributed by atoms with Gasteiger partial charge in [-0.1, -0.05) is 235 Å².